The van der Waals surface area contributed by atoms with Gasteiger partial charge in [0.25, 0.3) is 21.0 Å². The van der Waals surface area contributed by atoms with E-state index in [9.17, 15) is 13.2 Å². The predicted molar refractivity (Wildman–Crippen MR) is 117 cm³/mol. The number of aryl methyl sites for hydroxylation is 2. The summed E-state index contributed by atoms with van der Waals surface area (Å²) in [6, 6.07) is 10.0. The fourth-order valence-corrected chi connectivity index (χ4v) is 4.08. The number of carbonyl (C=O) groups excluding carboxylic acids is 1. The summed E-state index contributed by atoms with van der Waals surface area (Å²) in [7, 11) is -2.79. The number of hydrogen-bond donors (Lipinski definition) is 1. The second-order valence-corrected chi connectivity index (χ2v) is 8.65. The number of nitrogens with zero attached hydrogens (tertiary/aromatic N) is 5. The number of aromatic nitrogens is 5. The average molecular weight is 468 g/mol. The zero-order valence-electron chi connectivity index (χ0n) is 18.0. The Bertz CT molecular complexity index is 1440. The fraction of sp³-hybridized carbons (Fsp3) is 0.190. The number of carbonyl (C=O) groups is 1. The minimum atomic E-state index is -4.25. The highest BCUT2D eigenvalue weighted by Gasteiger charge is 2.25. The van der Waals surface area contributed by atoms with Gasteiger partial charge in [0.1, 0.15) is 6.61 Å². The Labute approximate surface area is 189 Å². The zero-order valence-corrected chi connectivity index (χ0v) is 18.8. The fourth-order valence-electron chi connectivity index (χ4n) is 3.05. The van der Waals surface area contributed by atoms with Crippen molar-refractivity contribution in [2.75, 3.05) is 11.8 Å². The lowest BCUT2D eigenvalue weighted by Crippen LogP contribution is -2.19. The maximum atomic E-state index is 13.0. The highest BCUT2D eigenvalue weighted by molar-refractivity contribution is 7.92. The summed E-state index contributed by atoms with van der Waals surface area (Å²) in [6.07, 6.45) is 3.14. The van der Waals surface area contributed by atoms with Crippen molar-refractivity contribution in [3.05, 3.63) is 71.2 Å². The minimum absolute atomic E-state index is 0.0499. The smallest absolute Gasteiger partial charge is 0.340 e. The number of rotatable bonds is 7. The summed E-state index contributed by atoms with van der Waals surface area (Å²) in [4.78, 5) is 25.0. The molecule has 0 radical (unpaired) electrons. The molecule has 4 aromatic rings. The van der Waals surface area contributed by atoms with E-state index in [-0.39, 0.29) is 23.6 Å². The number of hydrogen-bond acceptors (Lipinski definition) is 9. The van der Waals surface area contributed by atoms with Crippen molar-refractivity contribution in [1.29, 1.82) is 0 Å². The summed E-state index contributed by atoms with van der Waals surface area (Å²) in [5, 5.41) is 3.51. The molecule has 0 saturated heterocycles. The first-order valence-electron chi connectivity index (χ1n) is 9.76. The van der Waals surface area contributed by atoms with E-state index in [4.69, 9.17) is 9.47 Å². The van der Waals surface area contributed by atoms with Gasteiger partial charge in [0.2, 0.25) is 5.88 Å². The Balaban J connectivity index is 1.63. The molecule has 0 unspecified atom stereocenters. The summed E-state index contributed by atoms with van der Waals surface area (Å²) in [6.45, 7) is 3.36. The average Bonchev–Trinajstić information content (AvgIpc) is 3.22. The Morgan fingerprint density at radius 1 is 1.09 bits per heavy atom. The molecule has 0 fully saturated rings. The maximum Gasteiger partial charge on any atom is 0.340 e. The standard InChI is InChI=1S/C21H20N6O5S/c1-13-7-6-9-16(19(28)32-12-15-8-4-5-10-22-15)17(13)26-33(29,30)21-24-20-23-18(31-3)14(2)11-27(20)25-21/h4-11,26H,12H2,1-3H3. The van der Waals surface area contributed by atoms with Crippen molar-refractivity contribution < 1.29 is 22.7 Å². The molecule has 0 aliphatic heterocycles. The number of anilines is 1. The summed E-state index contributed by atoms with van der Waals surface area (Å²) in [5.41, 5.74) is 1.86. The van der Waals surface area contributed by atoms with E-state index in [0.29, 0.717) is 22.7 Å². The molecule has 1 aromatic carbocycles. The molecule has 1 N–H and O–H groups in total. The Kier molecular flexibility index (Phi) is 5.92. The van der Waals surface area contributed by atoms with E-state index >= 15 is 0 Å². The van der Waals surface area contributed by atoms with Crippen molar-refractivity contribution >= 4 is 27.5 Å². The van der Waals surface area contributed by atoms with Gasteiger partial charge >= 0.3 is 5.97 Å². The van der Waals surface area contributed by atoms with Gasteiger partial charge in [-0.1, -0.05) is 18.2 Å². The molecule has 0 aliphatic rings. The van der Waals surface area contributed by atoms with E-state index < -0.39 is 21.1 Å². The Morgan fingerprint density at radius 3 is 2.64 bits per heavy atom. The van der Waals surface area contributed by atoms with Crippen LogP contribution in [-0.2, 0) is 21.4 Å². The number of fused-ring (bicyclic) bond motifs is 1. The Hall–Kier alpha value is -4.06. The molecule has 4 rings (SSSR count). The molecule has 33 heavy (non-hydrogen) atoms. The molecule has 0 aliphatic carbocycles. The third-order valence-electron chi connectivity index (χ3n) is 4.69. The monoisotopic (exact) mass is 468 g/mol. The van der Waals surface area contributed by atoms with Gasteiger partial charge < -0.3 is 9.47 Å². The lowest BCUT2D eigenvalue weighted by Gasteiger charge is -2.13. The Morgan fingerprint density at radius 2 is 1.91 bits per heavy atom. The molecular formula is C21H20N6O5S. The van der Waals surface area contributed by atoms with Crippen LogP contribution in [0.3, 0.4) is 0 Å². The zero-order chi connectivity index (χ0) is 23.6. The molecule has 3 aromatic heterocycles. The number of ether oxygens (including phenoxy) is 2. The number of methoxy groups -OCH3 is 1. The van der Waals surface area contributed by atoms with Crippen LogP contribution >= 0.6 is 0 Å². The first-order chi connectivity index (χ1) is 15.8. The third-order valence-corrected chi connectivity index (χ3v) is 5.82. The van der Waals surface area contributed by atoms with Crippen molar-refractivity contribution in [2.45, 2.75) is 25.6 Å². The van der Waals surface area contributed by atoms with Gasteiger partial charge in [-0.25, -0.2) is 9.31 Å². The van der Waals surface area contributed by atoms with Crippen molar-refractivity contribution in [3.63, 3.8) is 0 Å². The molecule has 12 heteroatoms. The minimum Gasteiger partial charge on any atom is -0.481 e. The van der Waals surface area contributed by atoms with Crippen LogP contribution in [0.5, 0.6) is 5.88 Å². The molecule has 0 amide bonds. The summed E-state index contributed by atoms with van der Waals surface area (Å²) >= 11 is 0. The second kappa shape index (κ2) is 8.82. The number of pyridine rings is 1. The number of para-hydroxylation sites is 1. The van der Waals surface area contributed by atoms with Gasteiger partial charge in [-0.05, 0) is 37.6 Å². The maximum absolute atomic E-state index is 13.0. The molecule has 0 saturated carbocycles. The molecular weight excluding hydrogens is 448 g/mol. The van der Waals surface area contributed by atoms with E-state index in [1.54, 1.807) is 56.6 Å². The summed E-state index contributed by atoms with van der Waals surface area (Å²) in [5.74, 6) is -0.340. The first kappa shape index (κ1) is 22.1. The van der Waals surface area contributed by atoms with Crippen LogP contribution in [0.2, 0.25) is 0 Å². The number of esters is 1. The number of sulfonamides is 1. The molecule has 170 valence electrons. The lowest BCUT2D eigenvalue weighted by molar-refractivity contribution is 0.0469. The van der Waals surface area contributed by atoms with Gasteiger partial charge in [0, 0.05) is 18.0 Å². The molecule has 11 nitrogen and oxygen atoms in total. The molecule has 0 bridgehead atoms. The number of benzene rings is 1. The van der Waals surface area contributed by atoms with Gasteiger partial charge in [-0.2, -0.15) is 18.4 Å². The van der Waals surface area contributed by atoms with Gasteiger partial charge in [-0.15, -0.1) is 5.10 Å². The largest absolute Gasteiger partial charge is 0.481 e. The van der Waals surface area contributed by atoms with Crippen LogP contribution in [0.25, 0.3) is 5.78 Å². The molecule has 3 heterocycles. The highest BCUT2D eigenvalue weighted by Crippen LogP contribution is 2.25. The normalized spacial score (nSPS) is 11.4. The van der Waals surface area contributed by atoms with Gasteiger partial charge in [-0.3, -0.25) is 9.71 Å². The number of nitrogens with one attached hydrogen (secondary N) is 1. The first-order valence-corrected chi connectivity index (χ1v) is 11.2. The molecule has 0 spiro atoms. The topological polar surface area (TPSA) is 138 Å². The van der Waals surface area contributed by atoms with Crippen molar-refractivity contribution in [3.8, 4) is 5.88 Å². The quantitative estimate of drug-likeness (QED) is 0.405. The van der Waals surface area contributed by atoms with E-state index in [1.165, 1.54) is 17.7 Å². The van der Waals surface area contributed by atoms with Gasteiger partial charge in [0.05, 0.1) is 24.1 Å². The summed E-state index contributed by atoms with van der Waals surface area (Å²) < 4.78 is 40.2. The van der Waals surface area contributed by atoms with Crippen LogP contribution < -0.4 is 9.46 Å². The lowest BCUT2D eigenvalue weighted by atomic mass is 10.1. The van der Waals surface area contributed by atoms with Crippen LogP contribution in [0.1, 0.15) is 27.2 Å². The van der Waals surface area contributed by atoms with Crippen molar-refractivity contribution in [1.82, 2.24) is 24.6 Å². The SMILES string of the molecule is COc1nc2nc(S(=O)(=O)Nc3c(C)cccc3C(=O)OCc3ccccn3)nn2cc1C. The van der Waals surface area contributed by atoms with Crippen LogP contribution in [-0.4, -0.2) is 46.1 Å². The van der Waals surface area contributed by atoms with E-state index in [0.717, 1.165) is 0 Å². The third kappa shape index (κ3) is 4.60. The van der Waals surface area contributed by atoms with Crippen LogP contribution in [0.15, 0.2) is 53.9 Å². The van der Waals surface area contributed by atoms with Gasteiger partial charge in [0.15, 0.2) is 0 Å². The van der Waals surface area contributed by atoms with E-state index in [2.05, 4.69) is 24.8 Å². The van der Waals surface area contributed by atoms with Crippen LogP contribution in [0.4, 0.5) is 5.69 Å². The second-order valence-electron chi connectivity index (χ2n) is 7.07. The van der Waals surface area contributed by atoms with Crippen LogP contribution in [0, 0.1) is 13.8 Å². The molecule has 0 atom stereocenters. The van der Waals surface area contributed by atoms with E-state index in [1.807, 2.05) is 0 Å². The predicted octanol–water partition coefficient (Wildman–Crippen LogP) is 2.30. The highest BCUT2D eigenvalue weighted by atomic mass is 32.2. The van der Waals surface area contributed by atoms with Crippen molar-refractivity contribution in [2.24, 2.45) is 0 Å².